The second-order valence-electron chi connectivity index (χ2n) is 0.798. The Hall–Kier alpha value is 0.850. The molecule has 0 fully saturated rings. The Morgan fingerprint density at radius 3 is 2.57 bits per heavy atom. The molecule has 4 heteroatoms. The molecular weight excluding hydrogens is 137 g/mol. The Bertz CT molecular complexity index is 116. The average Bonchev–Trinajstić information content (AvgIpc) is 1.86. The van der Waals surface area contributed by atoms with Crippen LogP contribution in [0.1, 0.15) is 0 Å². The van der Waals surface area contributed by atoms with Gasteiger partial charge in [0.1, 0.15) is 0 Å². The van der Waals surface area contributed by atoms with Crippen LogP contribution in [0.15, 0.2) is 15.9 Å². The molecule has 0 aliphatic rings. The Balaban J connectivity index is 0.000000360. The fraction of sp³-hybridized carbons (Fsp3) is 0. The van der Waals surface area contributed by atoms with E-state index in [-0.39, 0.29) is 29.6 Å². The normalized spacial score (nSPS) is 7.43. The molecule has 1 aromatic rings. The second kappa shape index (κ2) is 3.80. The van der Waals surface area contributed by atoms with Gasteiger partial charge in [-0.1, -0.05) is 5.38 Å². The van der Waals surface area contributed by atoms with Gasteiger partial charge in [-0.3, -0.25) is 4.98 Å². The van der Waals surface area contributed by atoms with Crippen molar-refractivity contribution in [3.63, 3.8) is 0 Å². The number of hydrogen-bond acceptors (Lipinski definition) is 3. The van der Waals surface area contributed by atoms with Crippen molar-refractivity contribution in [1.82, 2.24) is 4.98 Å². The van der Waals surface area contributed by atoms with Crippen molar-refractivity contribution in [1.29, 1.82) is 0 Å². The van der Waals surface area contributed by atoms with E-state index in [4.69, 9.17) is 0 Å². The fourth-order valence-corrected chi connectivity index (χ4v) is 0.798. The van der Waals surface area contributed by atoms with Gasteiger partial charge in [-0.2, -0.15) is 0 Å². The van der Waals surface area contributed by atoms with Crippen molar-refractivity contribution in [2.75, 3.05) is 0 Å². The monoisotopic (exact) mass is 139 g/mol. The topological polar surface area (TPSA) is 12.9 Å². The molecule has 1 rings (SSSR count). The quantitative estimate of drug-likeness (QED) is 0.306. The second-order valence-corrected chi connectivity index (χ2v) is 2.34. The van der Waals surface area contributed by atoms with E-state index in [0.29, 0.717) is 0 Å². The van der Waals surface area contributed by atoms with E-state index in [2.05, 4.69) is 17.6 Å². The minimum Gasteiger partial charge on any atom is -0.408 e. The SMILES string of the molecule is [Na+].[S-]c1nccs1. The van der Waals surface area contributed by atoms with Gasteiger partial charge in [0.25, 0.3) is 0 Å². The molecule has 0 saturated carbocycles. The van der Waals surface area contributed by atoms with E-state index in [1.165, 1.54) is 11.3 Å². The molecule has 0 aliphatic carbocycles. The zero-order valence-electron chi connectivity index (χ0n) is 3.92. The van der Waals surface area contributed by atoms with Crippen LogP contribution in [0.25, 0.3) is 0 Å². The largest absolute Gasteiger partial charge is 1.00 e. The Morgan fingerprint density at radius 1 is 1.71 bits per heavy atom. The standard InChI is InChI=1S/C3H3NS2.Na/c5-3-4-1-2-6-3;/h1-2H,(H,4,5);/q;+1/p-1. The van der Waals surface area contributed by atoms with Crippen LogP contribution in [-0.2, 0) is 12.6 Å². The summed E-state index contributed by atoms with van der Waals surface area (Å²) in [4.78, 5) is 3.75. The van der Waals surface area contributed by atoms with Gasteiger partial charge < -0.3 is 24.0 Å². The molecule has 0 radical (unpaired) electrons. The predicted octanol–water partition coefficient (Wildman–Crippen LogP) is -1.95. The smallest absolute Gasteiger partial charge is 0.408 e. The van der Waals surface area contributed by atoms with Crippen LogP contribution in [0.5, 0.6) is 0 Å². The van der Waals surface area contributed by atoms with Crippen LogP contribution in [0.4, 0.5) is 0 Å². The maximum absolute atomic E-state index is 4.65. The van der Waals surface area contributed by atoms with Crippen molar-refractivity contribution in [3.05, 3.63) is 11.6 Å². The molecule has 32 valence electrons. The molecule has 0 unspecified atom stereocenters. The number of nitrogens with zero attached hydrogens (tertiary/aromatic N) is 1. The van der Waals surface area contributed by atoms with Crippen LogP contribution in [0.3, 0.4) is 0 Å². The van der Waals surface area contributed by atoms with Gasteiger partial charge >= 0.3 is 29.6 Å². The Labute approximate surface area is 73.9 Å². The Kier molecular flexibility index (Phi) is 4.27. The van der Waals surface area contributed by atoms with Gasteiger partial charge in [0.15, 0.2) is 0 Å². The van der Waals surface area contributed by atoms with Crippen LogP contribution in [0, 0.1) is 0 Å². The molecule has 0 spiro atoms. The fourth-order valence-electron chi connectivity index (χ4n) is 0.210. The molecule has 1 heterocycles. The first-order valence-corrected chi connectivity index (χ1v) is 2.75. The molecular formula is C3H2NNaS2. The van der Waals surface area contributed by atoms with Gasteiger partial charge in [0.05, 0.1) is 0 Å². The number of hydrogen-bond donors (Lipinski definition) is 0. The summed E-state index contributed by atoms with van der Waals surface area (Å²) in [5.74, 6) is 0. The molecule has 0 atom stereocenters. The first-order valence-electron chi connectivity index (χ1n) is 1.46. The number of rotatable bonds is 0. The maximum atomic E-state index is 4.65. The summed E-state index contributed by atoms with van der Waals surface area (Å²) in [5, 5.41) is 1.86. The van der Waals surface area contributed by atoms with E-state index >= 15 is 0 Å². The van der Waals surface area contributed by atoms with E-state index in [0.717, 1.165) is 4.34 Å². The average molecular weight is 139 g/mol. The first kappa shape index (κ1) is 7.85. The molecule has 1 nitrogen and oxygen atoms in total. The van der Waals surface area contributed by atoms with Crippen molar-refractivity contribution < 1.29 is 29.6 Å². The molecule has 0 N–H and O–H groups in total. The maximum Gasteiger partial charge on any atom is 1.00 e. The molecule has 0 amide bonds. The van der Waals surface area contributed by atoms with Crippen molar-refractivity contribution in [2.24, 2.45) is 0 Å². The van der Waals surface area contributed by atoms with Gasteiger partial charge in [0, 0.05) is 6.20 Å². The van der Waals surface area contributed by atoms with Crippen molar-refractivity contribution in [3.8, 4) is 0 Å². The molecule has 7 heavy (non-hydrogen) atoms. The summed E-state index contributed by atoms with van der Waals surface area (Å²) < 4.78 is 0.718. The first-order chi connectivity index (χ1) is 2.89. The number of thiazole rings is 1. The van der Waals surface area contributed by atoms with Crippen molar-refractivity contribution >= 4 is 24.0 Å². The van der Waals surface area contributed by atoms with E-state index in [1.807, 2.05) is 5.38 Å². The third kappa shape index (κ3) is 2.61. The summed E-state index contributed by atoms with van der Waals surface area (Å²) >= 11 is 6.13. The van der Waals surface area contributed by atoms with Gasteiger partial charge in [-0.25, -0.2) is 0 Å². The van der Waals surface area contributed by atoms with Crippen LogP contribution >= 0.6 is 11.3 Å². The molecule has 0 saturated heterocycles. The predicted molar refractivity (Wildman–Crippen MR) is 27.7 cm³/mol. The third-order valence-corrected chi connectivity index (χ3v) is 1.37. The van der Waals surface area contributed by atoms with Gasteiger partial charge in [-0.05, 0) is 4.34 Å². The summed E-state index contributed by atoms with van der Waals surface area (Å²) in [6.45, 7) is 0. The summed E-state index contributed by atoms with van der Waals surface area (Å²) in [6, 6.07) is 0. The van der Waals surface area contributed by atoms with Gasteiger partial charge in [0.2, 0.25) is 0 Å². The van der Waals surface area contributed by atoms with Crippen LogP contribution < -0.4 is 29.6 Å². The van der Waals surface area contributed by atoms with Gasteiger partial charge in [-0.15, -0.1) is 0 Å². The molecule has 1 aromatic heterocycles. The minimum atomic E-state index is 0. The van der Waals surface area contributed by atoms with Crippen LogP contribution in [0.2, 0.25) is 0 Å². The van der Waals surface area contributed by atoms with Crippen molar-refractivity contribution in [2.45, 2.75) is 4.34 Å². The van der Waals surface area contributed by atoms with Crippen LogP contribution in [-0.4, -0.2) is 4.98 Å². The minimum absolute atomic E-state index is 0. The van der Waals surface area contributed by atoms with E-state index < -0.39 is 0 Å². The Morgan fingerprint density at radius 2 is 2.43 bits per heavy atom. The molecule has 0 bridgehead atoms. The summed E-state index contributed by atoms with van der Waals surface area (Å²) in [7, 11) is 0. The zero-order chi connectivity index (χ0) is 4.41. The third-order valence-electron chi connectivity index (χ3n) is 0.410. The zero-order valence-corrected chi connectivity index (χ0v) is 7.55. The molecule has 0 aromatic carbocycles. The van der Waals surface area contributed by atoms with E-state index in [9.17, 15) is 0 Å². The molecule has 0 aliphatic heterocycles. The summed E-state index contributed by atoms with van der Waals surface area (Å²) in [6.07, 6.45) is 1.70. The summed E-state index contributed by atoms with van der Waals surface area (Å²) in [5.41, 5.74) is 0. The van der Waals surface area contributed by atoms with E-state index in [1.54, 1.807) is 6.20 Å². The number of aromatic nitrogens is 1.